The van der Waals surface area contributed by atoms with Crippen LogP contribution in [-0.4, -0.2) is 23.5 Å². The van der Waals surface area contributed by atoms with E-state index < -0.39 is 0 Å². The summed E-state index contributed by atoms with van der Waals surface area (Å²) in [5, 5.41) is 0. The van der Waals surface area contributed by atoms with Crippen LogP contribution in [0.3, 0.4) is 0 Å². The second kappa shape index (κ2) is 6.31. The maximum atomic E-state index is 10.6. The first-order valence-corrected chi connectivity index (χ1v) is 5.32. The second-order valence-electron chi connectivity index (χ2n) is 3.14. The van der Waals surface area contributed by atoms with E-state index in [0.717, 1.165) is 17.9 Å². The van der Waals surface area contributed by atoms with Crippen molar-refractivity contribution in [1.82, 2.24) is 0 Å². The van der Waals surface area contributed by atoms with Crippen molar-refractivity contribution in [3.63, 3.8) is 0 Å². The molecular weight excluding hydrogens is 172 g/mol. The molecule has 0 aromatic rings. The number of hydrogen-bond acceptors (Lipinski definition) is 3. The van der Waals surface area contributed by atoms with Crippen LogP contribution in [0.1, 0.15) is 20.3 Å². The van der Waals surface area contributed by atoms with Crippen molar-refractivity contribution in [1.29, 1.82) is 0 Å². The number of amides is 1. The first kappa shape index (κ1) is 11.8. The van der Waals surface area contributed by atoms with E-state index >= 15 is 0 Å². The highest BCUT2D eigenvalue weighted by Crippen LogP contribution is 2.09. The number of thioether (sulfide) groups is 1. The third-order valence-electron chi connectivity index (χ3n) is 1.57. The first-order valence-electron chi connectivity index (χ1n) is 4.16. The number of carbonyl (C=O) groups excluding carboxylic acids is 1. The summed E-state index contributed by atoms with van der Waals surface area (Å²) in [6.07, 6.45) is 0.996. The van der Waals surface area contributed by atoms with Crippen LogP contribution >= 0.6 is 11.8 Å². The van der Waals surface area contributed by atoms with Gasteiger partial charge in [-0.3, -0.25) is 4.79 Å². The fourth-order valence-electron chi connectivity index (χ4n) is 0.611. The van der Waals surface area contributed by atoms with Gasteiger partial charge >= 0.3 is 0 Å². The Morgan fingerprint density at radius 3 is 2.50 bits per heavy atom. The molecule has 0 radical (unpaired) electrons. The molecule has 4 N–H and O–H groups in total. The van der Waals surface area contributed by atoms with Crippen LogP contribution < -0.4 is 11.5 Å². The van der Waals surface area contributed by atoms with Crippen LogP contribution in [0.25, 0.3) is 0 Å². The van der Waals surface area contributed by atoms with E-state index in [9.17, 15) is 4.79 Å². The Morgan fingerprint density at radius 2 is 2.08 bits per heavy atom. The Kier molecular flexibility index (Phi) is 6.20. The fourth-order valence-corrected chi connectivity index (χ4v) is 1.83. The highest BCUT2D eigenvalue weighted by molar-refractivity contribution is 7.99. The summed E-state index contributed by atoms with van der Waals surface area (Å²) in [7, 11) is 0. The topological polar surface area (TPSA) is 69.1 Å². The molecular formula is C8H18N2OS. The molecule has 2 atom stereocenters. The molecule has 4 heteroatoms. The lowest BCUT2D eigenvalue weighted by Crippen LogP contribution is -2.22. The summed E-state index contributed by atoms with van der Waals surface area (Å²) in [5.41, 5.74) is 10.7. The monoisotopic (exact) mass is 190 g/mol. The van der Waals surface area contributed by atoms with Crippen LogP contribution in [0.15, 0.2) is 0 Å². The third-order valence-corrected chi connectivity index (χ3v) is 2.83. The summed E-state index contributed by atoms with van der Waals surface area (Å²) in [6.45, 7) is 3.83. The molecule has 0 fully saturated rings. The molecule has 0 aromatic carbocycles. The minimum absolute atomic E-state index is 0.0249. The minimum atomic E-state index is -0.219. The molecule has 0 saturated heterocycles. The zero-order chi connectivity index (χ0) is 9.56. The SMILES string of the molecule is CC(N)CCSCC(C)C(N)=O. The molecule has 0 rings (SSSR count). The summed E-state index contributed by atoms with van der Waals surface area (Å²) in [6, 6.07) is 0.251. The predicted octanol–water partition coefficient (Wildman–Crippen LogP) is 0.578. The summed E-state index contributed by atoms with van der Waals surface area (Å²) < 4.78 is 0. The largest absolute Gasteiger partial charge is 0.369 e. The number of carbonyl (C=O) groups is 1. The Bertz CT molecular complexity index is 139. The molecule has 0 aliphatic heterocycles. The van der Waals surface area contributed by atoms with Crippen LogP contribution in [0.2, 0.25) is 0 Å². The van der Waals surface area contributed by atoms with Crippen molar-refractivity contribution in [2.75, 3.05) is 11.5 Å². The van der Waals surface area contributed by atoms with E-state index in [1.54, 1.807) is 11.8 Å². The van der Waals surface area contributed by atoms with E-state index in [2.05, 4.69) is 0 Å². The summed E-state index contributed by atoms with van der Waals surface area (Å²) in [5.74, 6) is 1.57. The van der Waals surface area contributed by atoms with Crippen molar-refractivity contribution in [2.45, 2.75) is 26.3 Å². The van der Waals surface area contributed by atoms with Gasteiger partial charge in [0.25, 0.3) is 0 Å². The quantitative estimate of drug-likeness (QED) is 0.602. The van der Waals surface area contributed by atoms with Gasteiger partial charge in [0.2, 0.25) is 5.91 Å². The standard InChI is InChI=1S/C8H18N2OS/c1-6(8(10)11)5-12-4-3-7(2)9/h6-7H,3-5,9H2,1-2H3,(H2,10,11). The first-order chi connectivity index (χ1) is 5.54. The molecule has 2 unspecified atom stereocenters. The molecule has 0 aliphatic rings. The molecule has 0 aliphatic carbocycles. The molecule has 12 heavy (non-hydrogen) atoms. The Labute approximate surface area is 78.3 Å². The molecule has 0 bridgehead atoms. The normalized spacial score (nSPS) is 15.6. The van der Waals surface area contributed by atoms with Gasteiger partial charge in [-0.25, -0.2) is 0 Å². The third kappa shape index (κ3) is 6.49. The highest BCUT2D eigenvalue weighted by atomic mass is 32.2. The second-order valence-corrected chi connectivity index (χ2v) is 4.29. The van der Waals surface area contributed by atoms with Crippen molar-refractivity contribution >= 4 is 17.7 Å². The molecule has 3 nitrogen and oxygen atoms in total. The van der Waals surface area contributed by atoms with E-state index in [1.165, 1.54) is 0 Å². The lowest BCUT2D eigenvalue weighted by atomic mass is 10.2. The van der Waals surface area contributed by atoms with Crippen LogP contribution in [0, 0.1) is 5.92 Å². The van der Waals surface area contributed by atoms with Gasteiger partial charge in [-0.15, -0.1) is 0 Å². The smallest absolute Gasteiger partial charge is 0.221 e. The maximum absolute atomic E-state index is 10.6. The van der Waals surface area contributed by atoms with Gasteiger partial charge in [-0.1, -0.05) is 6.92 Å². The molecule has 0 aromatic heterocycles. The Balaban J connectivity index is 3.25. The van der Waals surface area contributed by atoms with Crippen molar-refractivity contribution in [3.05, 3.63) is 0 Å². The van der Waals surface area contributed by atoms with E-state index in [-0.39, 0.29) is 17.9 Å². The van der Waals surface area contributed by atoms with E-state index in [0.29, 0.717) is 0 Å². The number of nitrogens with two attached hydrogens (primary N) is 2. The van der Waals surface area contributed by atoms with Gasteiger partial charge < -0.3 is 11.5 Å². The van der Waals surface area contributed by atoms with E-state index in [1.807, 2.05) is 13.8 Å². The highest BCUT2D eigenvalue weighted by Gasteiger charge is 2.07. The number of hydrogen-bond donors (Lipinski definition) is 2. The van der Waals surface area contributed by atoms with Crippen molar-refractivity contribution in [3.8, 4) is 0 Å². The molecule has 0 spiro atoms. The van der Waals surface area contributed by atoms with Crippen molar-refractivity contribution < 1.29 is 4.79 Å². The number of primary amides is 1. The Morgan fingerprint density at radius 1 is 1.50 bits per heavy atom. The van der Waals surface area contributed by atoms with Gasteiger partial charge in [-0.2, -0.15) is 11.8 Å². The van der Waals surface area contributed by atoms with Gasteiger partial charge in [-0.05, 0) is 19.1 Å². The Hall–Kier alpha value is -0.220. The van der Waals surface area contributed by atoms with Gasteiger partial charge in [0, 0.05) is 17.7 Å². The predicted molar refractivity (Wildman–Crippen MR) is 53.9 cm³/mol. The average Bonchev–Trinajstić information content (AvgIpc) is 1.97. The van der Waals surface area contributed by atoms with Crippen LogP contribution in [-0.2, 0) is 4.79 Å². The van der Waals surface area contributed by atoms with E-state index in [4.69, 9.17) is 11.5 Å². The van der Waals surface area contributed by atoms with Gasteiger partial charge in [0.1, 0.15) is 0 Å². The zero-order valence-electron chi connectivity index (χ0n) is 7.75. The van der Waals surface area contributed by atoms with Crippen molar-refractivity contribution in [2.24, 2.45) is 17.4 Å². The maximum Gasteiger partial charge on any atom is 0.221 e. The average molecular weight is 190 g/mol. The number of rotatable bonds is 6. The van der Waals surface area contributed by atoms with Gasteiger partial charge in [0.05, 0.1) is 0 Å². The molecule has 1 amide bonds. The minimum Gasteiger partial charge on any atom is -0.369 e. The van der Waals surface area contributed by atoms with Gasteiger partial charge in [0.15, 0.2) is 0 Å². The lowest BCUT2D eigenvalue weighted by Gasteiger charge is -2.07. The molecule has 0 heterocycles. The molecule has 0 saturated carbocycles. The zero-order valence-corrected chi connectivity index (χ0v) is 8.56. The van der Waals surface area contributed by atoms with Crippen LogP contribution in [0.4, 0.5) is 0 Å². The molecule has 72 valence electrons. The summed E-state index contributed by atoms with van der Waals surface area (Å²) in [4.78, 5) is 10.6. The summed E-state index contributed by atoms with van der Waals surface area (Å²) >= 11 is 1.74. The van der Waals surface area contributed by atoms with Crippen LogP contribution in [0.5, 0.6) is 0 Å². The fraction of sp³-hybridized carbons (Fsp3) is 0.875. The lowest BCUT2D eigenvalue weighted by molar-refractivity contribution is -0.120.